The van der Waals surface area contributed by atoms with Crippen LogP contribution in [0, 0.1) is 5.92 Å². The van der Waals surface area contributed by atoms with E-state index in [0.29, 0.717) is 16.5 Å². The molecule has 3 N–H and O–H groups in total. The highest BCUT2D eigenvalue weighted by atomic mass is 35.5. The quantitative estimate of drug-likeness (QED) is 0.894. The topological polar surface area (TPSA) is 72.2 Å². The van der Waals surface area contributed by atoms with E-state index < -0.39 is 10.0 Å². The molecule has 1 aromatic rings. The lowest BCUT2D eigenvalue weighted by molar-refractivity contribution is 0.270. The van der Waals surface area contributed by atoms with Crippen LogP contribution in [0.15, 0.2) is 17.0 Å². The van der Waals surface area contributed by atoms with Crippen molar-refractivity contribution >= 4 is 33.2 Å². The maximum absolute atomic E-state index is 12.3. The monoisotopic (exact) mass is 322 g/mol. The van der Waals surface area contributed by atoms with Crippen molar-refractivity contribution in [2.75, 3.05) is 0 Å². The van der Waals surface area contributed by atoms with Gasteiger partial charge in [0.05, 0.1) is 5.02 Å². The summed E-state index contributed by atoms with van der Waals surface area (Å²) in [4.78, 5) is 0.0403. The summed E-state index contributed by atoms with van der Waals surface area (Å²) in [5, 5.41) is 0.485. The molecule has 19 heavy (non-hydrogen) atoms. The molecule has 4 nitrogen and oxygen atoms in total. The molecule has 1 aliphatic carbocycles. The van der Waals surface area contributed by atoms with Crippen molar-refractivity contribution in [3.05, 3.63) is 27.7 Å². The number of sulfonamides is 1. The predicted octanol–water partition coefficient (Wildman–Crippen LogP) is 2.53. The maximum Gasteiger partial charge on any atom is 0.242 e. The van der Waals surface area contributed by atoms with E-state index >= 15 is 0 Å². The van der Waals surface area contributed by atoms with E-state index in [1.807, 2.05) is 0 Å². The molecule has 106 valence electrons. The van der Waals surface area contributed by atoms with Gasteiger partial charge < -0.3 is 5.73 Å². The Labute approximate surface area is 123 Å². The maximum atomic E-state index is 12.3. The number of nitrogens with one attached hydrogen (secondary N) is 1. The second-order valence-corrected chi connectivity index (χ2v) is 7.40. The summed E-state index contributed by atoms with van der Waals surface area (Å²) in [5.41, 5.74) is 5.99. The molecule has 0 atom stereocenters. The Balaban J connectivity index is 2.30. The van der Waals surface area contributed by atoms with Gasteiger partial charge in [-0.2, -0.15) is 0 Å². The number of hydrogen-bond donors (Lipinski definition) is 2. The summed E-state index contributed by atoms with van der Waals surface area (Å²) in [6, 6.07) is 2.91. The van der Waals surface area contributed by atoms with Crippen molar-refractivity contribution in [2.45, 2.75) is 37.2 Å². The molecule has 0 unspecified atom stereocenters. The SMILES string of the molecule is CC1CC(NS(=O)(=O)c2ccc(Cl)c(CN)c2Cl)C1. The highest BCUT2D eigenvalue weighted by Gasteiger charge is 2.31. The Morgan fingerprint density at radius 1 is 1.37 bits per heavy atom. The van der Waals surface area contributed by atoms with Crippen LogP contribution < -0.4 is 10.5 Å². The molecule has 0 spiro atoms. The van der Waals surface area contributed by atoms with Gasteiger partial charge in [-0.1, -0.05) is 30.1 Å². The van der Waals surface area contributed by atoms with Crippen molar-refractivity contribution in [2.24, 2.45) is 11.7 Å². The van der Waals surface area contributed by atoms with E-state index in [2.05, 4.69) is 11.6 Å². The molecule has 0 amide bonds. The van der Waals surface area contributed by atoms with Gasteiger partial charge in [-0.3, -0.25) is 0 Å². The van der Waals surface area contributed by atoms with Crippen LogP contribution in [0.25, 0.3) is 0 Å². The normalized spacial score (nSPS) is 23.2. The van der Waals surface area contributed by atoms with E-state index in [1.165, 1.54) is 12.1 Å². The third kappa shape index (κ3) is 3.06. The fourth-order valence-electron chi connectivity index (χ4n) is 2.25. The lowest BCUT2D eigenvalue weighted by Crippen LogP contribution is -2.43. The molecule has 1 saturated carbocycles. The van der Waals surface area contributed by atoms with Crippen LogP contribution in [0.1, 0.15) is 25.3 Å². The molecule has 0 radical (unpaired) electrons. The van der Waals surface area contributed by atoms with Crippen LogP contribution in [0.5, 0.6) is 0 Å². The van der Waals surface area contributed by atoms with Gasteiger partial charge in [0.25, 0.3) is 0 Å². The number of benzene rings is 1. The smallest absolute Gasteiger partial charge is 0.242 e. The van der Waals surface area contributed by atoms with Crippen molar-refractivity contribution < 1.29 is 8.42 Å². The second-order valence-electron chi connectivity index (χ2n) is 4.94. The minimum absolute atomic E-state index is 0.00642. The van der Waals surface area contributed by atoms with Gasteiger partial charge in [-0.15, -0.1) is 0 Å². The fraction of sp³-hybridized carbons (Fsp3) is 0.500. The molecular formula is C12H16Cl2N2O2S. The largest absolute Gasteiger partial charge is 0.326 e. The minimum Gasteiger partial charge on any atom is -0.326 e. The predicted molar refractivity (Wildman–Crippen MR) is 76.9 cm³/mol. The average Bonchev–Trinajstić information content (AvgIpc) is 2.26. The van der Waals surface area contributed by atoms with Gasteiger partial charge in [0, 0.05) is 23.2 Å². The van der Waals surface area contributed by atoms with Crippen LogP contribution in [0.3, 0.4) is 0 Å². The fourth-order valence-corrected chi connectivity index (χ4v) is 4.45. The van der Waals surface area contributed by atoms with Gasteiger partial charge in [-0.25, -0.2) is 13.1 Å². The van der Waals surface area contributed by atoms with Crippen molar-refractivity contribution in [3.8, 4) is 0 Å². The summed E-state index contributed by atoms with van der Waals surface area (Å²) in [5.74, 6) is 0.563. The van der Waals surface area contributed by atoms with Crippen LogP contribution >= 0.6 is 23.2 Å². The molecule has 0 saturated heterocycles. The van der Waals surface area contributed by atoms with Crippen LogP contribution in [0.2, 0.25) is 10.0 Å². The molecule has 1 aromatic carbocycles. The summed E-state index contributed by atoms with van der Waals surface area (Å²) in [6.45, 7) is 2.19. The van der Waals surface area contributed by atoms with E-state index in [9.17, 15) is 8.42 Å². The van der Waals surface area contributed by atoms with E-state index in [0.717, 1.165) is 12.8 Å². The van der Waals surface area contributed by atoms with Gasteiger partial charge in [-0.05, 0) is 30.9 Å². The molecule has 1 aliphatic rings. The zero-order valence-corrected chi connectivity index (χ0v) is 12.8. The zero-order chi connectivity index (χ0) is 14.2. The Morgan fingerprint density at radius 3 is 2.53 bits per heavy atom. The average molecular weight is 323 g/mol. The number of halogens is 2. The van der Waals surface area contributed by atoms with Crippen molar-refractivity contribution in [3.63, 3.8) is 0 Å². The Hall–Kier alpha value is -0.330. The number of hydrogen-bond acceptors (Lipinski definition) is 3. The minimum atomic E-state index is -3.62. The highest BCUT2D eigenvalue weighted by Crippen LogP contribution is 2.32. The van der Waals surface area contributed by atoms with Gasteiger partial charge in [0.2, 0.25) is 10.0 Å². The third-order valence-electron chi connectivity index (χ3n) is 3.34. The number of nitrogens with two attached hydrogens (primary N) is 1. The zero-order valence-electron chi connectivity index (χ0n) is 10.5. The van der Waals surface area contributed by atoms with Gasteiger partial charge in [0.1, 0.15) is 4.90 Å². The lowest BCUT2D eigenvalue weighted by atomic mass is 9.83. The first kappa shape index (κ1) is 15.1. The summed E-state index contributed by atoms with van der Waals surface area (Å²) in [7, 11) is -3.62. The summed E-state index contributed by atoms with van der Waals surface area (Å²) < 4.78 is 27.2. The molecule has 0 aromatic heterocycles. The van der Waals surface area contributed by atoms with Crippen molar-refractivity contribution in [1.29, 1.82) is 0 Å². The van der Waals surface area contributed by atoms with Crippen molar-refractivity contribution in [1.82, 2.24) is 4.72 Å². The van der Waals surface area contributed by atoms with Gasteiger partial charge in [0.15, 0.2) is 0 Å². The van der Waals surface area contributed by atoms with Crippen LogP contribution in [-0.2, 0) is 16.6 Å². The van der Waals surface area contributed by atoms with Crippen LogP contribution in [0.4, 0.5) is 0 Å². The first-order valence-corrected chi connectivity index (χ1v) is 8.28. The lowest BCUT2D eigenvalue weighted by Gasteiger charge is -2.33. The third-order valence-corrected chi connectivity index (χ3v) is 5.80. The first-order chi connectivity index (χ1) is 8.85. The van der Waals surface area contributed by atoms with Gasteiger partial charge >= 0.3 is 0 Å². The summed E-state index contributed by atoms with van der Waals surface area (Å²) >= 11 is 12.0. The molecule has 0 aliphatic heterocycles. The molecule has 1 fully saturated rings. The Bertz CT molecular complexity index is 584. The number of rotatable bonds is 4. The standard InChI is InChI=1S/C12H16Cl2N2O2S/c1-7-4-8(5-7)16-19(17,18)11-3-2-10(13)9(6-15)12(11)14/h2-3,7-8,16H,4-6,15H2,1H3. The Morgan fingerprint density at radius 2 is 2.00 bits per heavy atom. The molecule has 2 rings (SSSR count). The Kier molecular flexibility index (Phi) is 4.42. The summed E-state index contributed by atoms with van der Waals surface area (Å²) in [6.07, 6.45) is 1.71. The molecule has 0 heterocycles. The molecule has 7 heteroatoms. The second kappa shape index (κ2) is 5.58. The first-order valence-electron chi connectivity index (χ1n) is 6.04. The van der Waals surface area contributed by atoms with Crippen LogP contribution in [-0.4, -0.2) is 14.5 Å². The molecular weight excluding hydrogens is 307 g/mol. The highest BCUT2D eigenvalue weighted by molar-refractivity contribution is 7.89. The molecule has 0 bridgehead atoms. The van der Waals surface area contributed by atoms with E-state index in [4.69, 9.17) is 28.9 Å². The van der Waals surface area contributed by atoms with E-state index in [-0.39, 0.29) is 22.5 Å². The van der Waals surface area contributed by atoms with E-state index in [1.54, 1.807) is 0 Å².